The van der Waals surface area contributed by atoms with Gasteiger partial charge in [-0.05, 0) is 56.9 Å². The number of nitrogens with zero attached hydrogens (tertiary/aromatic N) is 4. The molecular weight excluding hydrogens is 396 g/mol. The van der Waals surface area contributed by atoms with Crippen molar-refractivity contribution in [3.05, 3.63) is 36.0 Å². The molecule has 1 atom stereocenters. The van der Waals surface area contributed by atoms with Crippen LogP contribution in [0.3, 0.4) is 0 Å². The van der Waals surface area contributed by atoms with E-state index in [0.29, 0.717) is 5.91 Å². The van der Waals surface area contributed by atoms with Crippen LogP contribution < -0.4 is 4.90 Å². The second-order valence-electron chi connectivity index (χ2n) is 9.06. The maximum absolute atomic E-state index is 13.2. The van der Waals surface area contributed by atoms with Gasteiger partial charge in [-0.2, -0.15) is 0 Å². The number of benzene rings is 1. The van der Waals surface area contributed by atoms with Crippen LogP contribution in [0.25, 0.3) is 10.9 Å². The lowest BCUT2D eigenvalue weighted by Crippen LogP contribution is -2.43. The average Bonchev–Trinajstić information content (AvgIpc) is 3.06. The molecule has 6 heteroatoms. The number of anilines is 1. The standard InChI is InChI=1S/C24H32N4O.ClH/c1-18-6-7-19-16-22(8-9-23(19)25-18)28-13-10-20(17-28)24(29)27-12-3-11-26(14-15-27)21-4-2-5-21;/h6-9,16,20-21H,2-5,10-15,17H2,1H3;1H/t20-;/m1./s1. The third kappa shape index (κ3) is 4.28. The molecule has 0 bridgehead atoms. The molecule has 5 rings (SSSR count). The molecule has 1 aromatic heterocycles. The van der Waals surface area contributed by atoms with Crippen molar-refractivity contribution in [2.24, 2.45) is 5.92 Å². The fourth-order valence-electron chi connectivity index (χ4n) is 5.14. The lowest BCUT2D eigenvalue weighted by Gasteiger charge is -2.36. The lowest BCUT2D eigenvalue weighted by atomic mass is 9.91. The van der Waals surface area contributed by atoms with Crippen LogP contribution in [-0.4, -0.2) is 66.0 Å². The van der Waals surface area contributed by atoms with E-state index in [9.17, 15) is 4.79 Å². The van der Waals surface area contributed by atoms with Crippen molar-refractivity contribution in [3.8, 4) is 0 Å². The number of aromatic nitrogens is 1. The van der Waals surface area contributed by atoms with E-state index in [-0.39, 0.29) is 18.3 Å². The van der Waals surface area contributed by atoms with Gasteiger partial charge in [0.2, 0.25) is 5.91 Å². The van der Waals surface area contributed by atoms with Gasteiger partial charge in [-0.25, -0.2) is 0 Å². The summed E-state index contributed by atoms with van der Waals surface area (Å²) in [4.78, 5) is 25.0. The van der Waals surface area contributed by atoms with Crippen molar-refractivity contribution in [3.63, 3.8) is 0 Å². The zero-order chi connectivity index (χ0) is 19.8. The summed E-state index contributed by atoms with van der Waals surface area (Å²) in [5.74, 6) is 0.512. The number of amides is 1. The molecule has 2 saturated heterocycles. The van der Waals surface area contributed by atoms with E-state index >= 15 is 0 Å². The van der Waals surface area contributed by atoms with Crippen LogP contribution in [0.5, 0.6) is 0 Å². The number of hydrogen-bond acceptors (Lipinski definition) is 4. The first-order valence-corrected chi connectivity index (χ1v) is 11.3. The molecule has 162 valence electrons. The Labute approximate surface area is 185 Å². The number of halogens is 1. The molecule has 0 radical (unpaired) electrons. The summed E-state index contributed by atoms with van der Waals surface area (Å²) in [5.41, 5.74) is 3.30. The van der Waals surface area contributed by atoms with E-state index in [1.54, 1.807) is 0 Å². The summed E-state index contributed by atoms with van der Waals surface area (Å²) < 4.78 is 0. The molecule has 1 amide bonds. The highest BCUT2D eigenvalue weighted by atomic mass is 35.5. The molecule has 5 nitrogen and oxygen atoms in total. The van der Waals surface area contributed by atoms with Crippen LogP contribution in [0.4, 0.5) is 5.69 Å². The van der Waals surface area contributed by atoms with Gasteiger partial charge < -0.3 is 9.80 Å². The van der Waals surface area contributed by atoms with E-state index in [0.717, 1.165) is 69.4 Å². The number of carbonyl (C=O) groups excluding carboxylic acids is 1. The highest BCUT2D eigenvalue weighted by Gasteiger charge is 2.33. The Morgan fingerprint density at radius 2 is 1.83 bits per heavy atom. The number of aryl methyl sites for hydroxylation is 1. The lowest BCUT2D eigenvalue weighted by molar-refractivity contribution is -0.134. The zero-order valence-electron chi connectivity index (χ0n) is 17.9. The van der Waals surface area contributed by atoms with E-state index < -0.39 is 0 Å². The Balaban J connectivity index is 0.00000218. The quantitative estimate of drug-likeness (QED) is 0.743. The molecule has 1 aliphatic carbocycles. The number of carbonyl (C=O) groups is 1. The second kappa shape index (κ2) is 9.11. The van der Waals surface area contributed by atoms with Crippen molar-refractivity contribution in [1.82, 2.24) is 14.8 Å². The van der Waals surface area contributed by atoms with Gasteiger partial charge in [0.1, 0.15) is 0 Å². The van der Waals surface area contributed by atoms with Crippen molar-refractivity contribution in [1.29, 1.82) is 0 Å². The minimum atomic E-state index is 0. The van der Waals surface area contributed by atoms with E-state index in [2.05, 4.69) is 50.0 Å². The fraction of sp³-hybridized carbons (Fsp3) is 0.583. The molecule has 0 unspecified atom stereocenters. The van der Waals surface area contributed by atoms with E-state index in [1.807, 2.05) is 6.92 Å². The van der Waals surface area contributed by atoms with Gasteiger partial charge in [0.15, 0.2) is 0 Å². The predicted octanol–water partition coefficient (Wildman–Crippen LogP) is 3.88. The summed E-state index contributed by atoms with van der Waals surface area (Å²) in [6, 6.07) is 11.5. The summed E-state index contributed by atoms with van der Waals surface area (Å²) in [7, 11) is 0. The predicted molar refractivity (Wildman–Crippen MR) is 124 cm³/mol. The maximum Gasteiger partial charge on any atom is 0.227 e. The van der Waals surface area contributed by atoms with E-state index in [4.69, 9.17) is 0 Å². The molecule has 1 aromatic carbocycles. The second-order valence-corrected chi connectivity index (χ2v) is 9.06. The third-order valence-electron chi connectivity index (χ3n) is 7.15. The van der Waals surface area contributed by atoms with Crippen molar-refractivity contribution >= 4 is 34.9 Å². The van der Waals surface area contributed by atoms with Crippen molar-refractivity contribution in [2.75, 3.05) is 44.2 Å². The average molecular weight is 429 g/mol. The van der Waals surface area contributed by atoms with Crippen molar-refractivity contribution in [2.45, 2.75) is 45.1 Å². The molecule has 3 aliphatic rings. The minimum absolute atomic E-state index is 0. The number of fused-ring (bicyclic) bond motifs is 1. The zero-order valence-corrected chi connectivity index (χ0v) is 18.7. The largest absolute Gasteiger partial charge is 0.371 e. The SMILES string of the molecule is Cc1ccc2cc(N3CC[C@@H](C(=O)N4CCCN(C5CCC5)CC4)C3)ccc2n1.Cl. The number of hydrogen-bond donors (Lipinski definition) is 0. The van der Waals surface area contributed by atoms with Crippen molar-refractivity contribution < 1.29 is 4.79 Å². The molecule has 0 N–H and O–H groups in total. The van der Waals surface area contributed by atoms with Crippen LogP contribution in [-0.2, 0) is 4.79 Å². The Morgan fingerprint density at radius 3 is 2.63 bits per heavy atom. The van der Waals surface area contributed by atoms with E-state index in [1.165, 1.54) is 30.3 Å². The summed E-state index contributed by atoms with van der Waals surface area (Å²) in [5, 5.41) is 1.17. The monoisotopic (exact) mass is 428 g/mol. The maximum atomic E-state index is 13.2. The first kappa shape index (κ1) is 21.4. The van der Waals surface area contributed by atoms with Gasteiger partial charge in [0.25, 0.3) is 0 Å². The highest BCUT2D eigenvalue weighted by molar-refractivity contribution is 5.85. The molecule has 3 heterocycles. The normalized spacial score (nSPS) is 23.2. The Bertz CT molecular complexity index is 900. The van der Waals surface area contributed by atoms with Gasteiger partial charge >= 0.3 is 0 Å². The fourth-order valence-corrected chi connectivity index (χ4v) is 5.14. The first-order chi connectivity index (χ1) is 14.2. The van der Waals surface area contributed by atoms with Gasteiger partial charge in [-0.1, -0.05) is 12.5 Å². The van der Waals surface area contributed by atoms with Crippen LogP contribution >= 0.6 is 12.4 Å². The summed E-state index contributed by atoms with van der Waals surface area (Å²) in [6.07, 6.45) is 6.17. The van der Waals surface area contributed by atoms with Gasteiger partial charge in [0.05, 0.1) is 11.4 Å². The van der Waals surface area contributed by atoms with Crippen LogP contribution in [0.1, 0.15) is 37.8 Å². The summed E-state index contributed by atoms with van der Waals surface area (Å²) >= 11 is 0. The van der Waals surface area contributed by atoms with Gasteiger partial charge in [-0.15, -0.1) is 12.4 Å². The van der Waals surface area contributed by atoms with Crippen LogP contribution in [0, 0.1) is 12.8 Å². The first-order valence-electron chi connectivity index (χ1n) is 11.3. The number of pyridine rings is 1. The van der Waals surface area contributed by atoms with Gasteiger partial charge in [-0.3, -0.25) is 14.7 Å². The molecular formula is C24H33ClN4O. The molecule has 2 aromatic rings. The Hall–Kier alpha value is -1.85. The molecule has 0 spiro atoms. The molecule has 1 saturated carbocycles. The topological polar surface area (TPSA) is 39.7 Å². The van der Waals surface area contributed by atoms with Crippen LogP contribution in [0.15, 0.2) is 30.3 Å². The third-order valence-corrected chi connectivity index (χ3v) is 7.15. The Kier molecular flexibility index (Phi) is 6.49. The molecule has 3 fully saturated rings. The van der Waals surface area contributed by atoms with Crippen LogP contribution in [0.2, 0.25) is 0 Å². The molecule has 30 heavy (non-hydrogen) atoms. The Morgan fingerprint density at radius 1 is 0.967 bits per heavy atom. The molecule has 2 aliphatic heterocycles. The number of rotatable bonds is 3. The summed E-state index contributed by atoms with van der Waals surface area (Å²) in [6.45, 7) is 7.89. The highest BCUT2D eigenvalue weighted by Crippen LogP contribution is 2.29. The minimum Gasteiger partial charge on any atom is -0.371 e. The smallest absolute Gasteiger partial charge is 0.227 e. The van der Waals surface area contributed by atoms with Gasteiger partial charge in [0, 0.05) is 62.1 Å².